The van der Waals surface area contributed by atoms with Crippen LogP contribution in [0.25, 0.3) is 0 Å². The number of amides is 1. The van der Waals surface area contributed by atoms with E-state index in [-0.39, 0.29) is 25.4 Å². The van der Waals surface area contributed by atoms with Crippen LogP contribution in [0.1, 0.15) is 6.92 Å². The lowest BCUT2D eigenvalue weighted by Crippen LogP contribution is -2.52. The Labute approximate surface area is 172 Å². The summed E-state index contributed by atoms with van der Waals surface area (Å²) in [6.07, 6.45) is -4.16. The molecule has 6 nitrogen and oxygen atoms in total. The highest BCUT2D eigenvalue weighted by Crippen LogP contribution is 2.33. The molecule has 158 valence electrons. The molecule has 2 rings (SSSR count). The van der Waals surface area contributed by atoms with Gasteiger partial charge in [-0.25, -0.2) is 12.6 Å². The zero-order valence-electron chi connectivity index (χ0n) is 15.0. The molecule has 2 atom stereocenters. The van der Waals surface area contributed by atoms with E-state index in [1.54, 1.807) is 0 Å². The second-order valence-corrected chi connectivity index (χ2v) is 10.1. The predicted octanol–water partition coefficient (Wildman–Crippen LogP) is 3.16. The van der Waals surface area contributed by atoms with E-state index in [1.807, 2.05) is 5.32 Å². The Morgan fingerprint density at radius 1 is 1.10 bits per heavy atom. The number of carbonyl (C=O) groups is 1. The number of hydrogen-bond donors (Lipinski definition) is 2. The average Bonchev–Trinajstić information content (AvgIpc) is 2.61. The number of aliphatic hydroxyl groups is 1. The molecule has 0 spiro atoms. The Kier molecular flexibility index (Phi) is 6.48. The molecule has 0 fully saturated rings. The molecule has 2 aromatic carbocycles. The highest BCUT2D eigenvalue weighted by molar-refractivity contribution is 7.90. The van der Waals surface area contributed by atoms with Gasteiger partial charge in [-0.15, -0.1) is 0 Å². The first-order chi connectivity index (χ1) is 13.1. The Morgan fingerprint density at radius 3 is 2.07 bits per heavy atom. The third kappa shape index (κ3) is 5.16. The minimum atomic E-state index is -5.19. The van der Waals surface area contributed by atoms with E-state index in [1.165, 1.54) is 36.4 Å². The normalized spacial score (nSPS) is 15.4. The molecule has 0 aliphatic rings. The lowest BCUT2D eigenvalue weighted by Gasteiger charge is -2.25. The monoisotopic (exact) mass is 469 g/mol. The number of benzene rings is 2. The lowest BCUT2D eigenvalue weighted by molar-refractivity contribution is -0.242. The first-order valence-corrected chi connectivity index (χ1v) is 11.2. The first kappa shape index (κ1) is 23.3. The van der Waals surface area contributed by atoms with Gasteiger partial charge in [-0.1, -0.05) is 11.6 Å². The Balaban J connectivity index is 2.25. The van der Waals surface area contributed by atoms with Crippen LogP contribution in [-0.2, 0) is 25.4 Å². The molecule has 29 heavy (non-hydrogen) atoms. The zero-order valence-corrected chi connectivity index (χ0v) is 17.3. The van der Waals surface area contributed by atoms with Gasteiger partial charge in [0.15, 0.2) is 9.84 Å². The van der Waals surface area contributed by atoms with Crippen LogP contribution in [-0.4, -0.2) is 41.7 Å². The molecule has 0 aliphatic heterocycles. The number of halogens is 4. The van der Waals surface area contributed by atoms with Crippen LogP contribution in [0.5, 0.6) is 0 Å². The van der Waals surface area contributed by atoms with Gasteiger partial charge < -0.3 is 10.4 Å². The molecule has 12 heteroatoms. The predicted molar refractivity (Wildman–Crippen MR) is 101 cm³/mol. The molecule has 0 saturated heterocycles. The molecule has 0 saturated carbocycles. The summed E-state index contributed by atoms with van der Waals surface area (Å²) in [6, 6.07) is 8.89. The van der Waals surface area contributed by atoms with Gasteiger partial charge in [-0.2, -0.15) is 13.2 Å². The van der Waals surface area contributed by atoms with Gasteiger partial charge in [0.05, 0.1) is 26.4 Å². The van der Waals surface area contributed by atoms with Crippen molar-refractivity contribution in [2.75, 3.05) is 11.6 Å². The van der Waals surface area contributed by atoms with E-state index < -0.39 is 38.3 Å². The van der Waals surface area contributed by atoms with Crippen molar-refractivity contribution in [2.45, 2.75) is 33.4 Å². The molecule has 2 N–H and O–H groups in total. The summed E-state index contributed by atoms with van der Waals surface area (Å²) < 4.78 is 73.7. The number of anilines is 1. The second kappa shape index (κ2) is 8.05. The van der Waals surface area contributed by atoms with Crippen molar-refractivity contribution in [3.63, 3.8) is 0 Å². The van der Waals surface area contributed by atoms with Crippen molar-refractivity contribution in [1.29, 1.82) is 0 Å². The van der Waals surface area contributed by atoms with E-state index in [0.29, 0.717) is 6.92 Å². The lowest BCUT2D eigenvalue weighted by atomic mass is 10.1. The summed E-state index contributed by atoms with van der Waals surface area (Å²) >= 11 is 5.96. The van der Waals surface area contributed by atoms with E-state index >= 15 is 0 Å². The van der Waals surface area contributed by atoms with Crippen LogP contribution in [0.4, 0.5) is 18.9 Å². The topological polar surface area (TPSA) is 101 Å². The highest BCUT2D eigenvalue weighted by Gasteiger charge is 2.55. The van der Waals surface area contributed by atoms with Crippen molar-refractivity contribution in [1.82, 2.24) is 0 Å². The fourth-order valence-corrected chi connectivity index (χ4v) is 4.03. The summed E-state index contributed by atoms with van der Waals surface area (Å²) in [5.41, 5.74) is -3.84. The van der Waals surface area contributed by atoms with Gasteiger partial charge in [-0.3, -0.25) is 4.79 Å². The summed E-state index contributed by atoms with van der Waals surface area (Å²) in [5.74, 6) is -1.72. The Hall–Kier alpha value is -1.95. The average molecular weight is 470 g/mol. The number of hydrogen-bond acceptors (Lipinski definition) is 5. The summed E-state index contributed by atoms with van der Waals surface area (Å²) in [5, 5.41) is 11.1. The number of alkyl halides is 3. The van der Waals surface area contributed by atoms with Gasteiger partial charge in [0.2, 0.25) is 5.60 Å². The smallest absolute Gasteiger partial charge is 0.373 e. The van der Waals surface area contributed by atoms with E-state index in [4.69, 9.17) is 11.6 Å². The molecular formula is C17H15ClF3NO5S2. The Bertz CT molecular complexity index is 1070. The van der Waals surface area contributed by atoms with Gasteiger partial charge in [-0.05, 0) is 49.4 Å². The van der Waals surface area contributed by atoms with Gasteiger partial charge in [0.1, 0.15) is 0 Å². The van der Waals surface area contributed by atoms with Gasteiger partial charge in [0, 0.05) is 16.0 Å². The molecule has 0 unspecified atom stereocenters. The summed E-state index contributed by atoms with van der Waals surface area (Å²) in [6.45, 7) is 0.305. The van der Waals surface area contributed by atoms with Crippen LogP contribution < -0.4 is 5.32 Å². The number of rotatable bonds is 5. The minimum Gasteiger partial charge on any atom is -0.373 e. The molecule has 0 radical (unpaired) electrons. The van der Waals surface area contributed by atoms with Crippen molar-refractivity contribution < 1.29 is 35.7 Å². The van der Waals surface area contributed by atoms with Crippen molar-refractivity contribution in [3.05, 3.63) is 47.5 Å². The summed E-state index contributed by atoms with van der Waals surface area (Å²) in [4.78, 5) is 12.2. The standard InChI is InChI=1S/C17H15ClF3NO5S2/c1-16(24,17(19,20)21)15(23)22-14-8-5-11(9-13(14)18)28(25)10-3-6-12(7-4-10)29(2,26)27/h3-9,24H,1-2H3,(H,22,23)/t16-,28-/m1/s1. The van der Waals surface area contributed by atoms with Crippen LogP contribution in [0.3, 0.4) is 0 Å². The molecule has 2 aromatic rings. The maximum atomic E-state index is 12.7. The van der Waals surface area contributed by atoms with Crippen LogP contribution in [0.2, 0.25) is 5.02 Å². The van der Waals surface area contributed by atoms with Gasteiger partial charge >= 0.3 is 6.18 Å². The fraction of sp³-hybridized carbons (Fsp3) is 0.235. The van der Waals surface area contributed by atoms with Crippen molar-refractivity contribution in [3.8, 4) is 0 Å². The maximum absolute atomic E-state index is 12.7. The number of carbonyl (C=O) groups excluding carboxylic acids is 1. The SMILES string of the molecule is C[C@@](O)(C(=O)Nc1ccc([S@](=O)c2ccc(S(C)(=O)=O)cc2)cc1Cl)C(F)(F)F. The fourth-order valence-electron chi connectivity index (χ4n) is 2.03. The molecule has 0 bridgehead atoms. The second-order valence-electron chi connectivity index (χ2n) is 6.18. The maximum Gasteiger partial charge on any atom is 0.426 e. The van der Waals surface area contributed by atoms with E-state index in [9.17, 15) is 35.7 Å². The van der Waals surface area contributed by atoms with Crippen LogP contribution in [0.15, 0.2) is 57.2 Å². The van der Waals surface area contributed by atoms with E-state index in [2.05, 4.69) is 0 Å². The molecule has 0 heterocycles. The van der Waals surface area contributed by atoms with Crippen LogP contribution in [0, 0.1) is 0 Å². The van der Waals surface area contributed by atoms with Crippen molar-refractivity contribution in [2.24, 2.45) is 0 Å². The summed E-state index contributed by atoms with van der Waals surface area (Å²) in [7, 11) is -5.18. The number of sulfone groups is 1. The van der Waals surface area contributed by atoms with E-state index in [0.717, 1.165) is 12.3 Å². The molecule has 0 aromatic heterocycles. The number of nitrogens with one attached hydrogen (secondary N) is 1. The van der Waals surface area contributed by atoms with Crippen molar-refractivity contribution >= 4 is 43.8 Å². The Morgan fingerprint density at radius 2 is 1.62 bits per heavy atom. The van der Waals surface area contributed by atoms with Gasteiger partial charge in [0.25, 0.3) is 5.91 Å². The third-order valence-electron chi connectivity index (χ3n) is 3.86. The first-order valence-electron chi connectivity index (χ1n) is 7.76. The third-order valence-corrected chi connectivity index (χ3v) is 6.69. The van der Waals surface area contributed by atoms with Crippen LogP contribution >= 0.6 is 11.6 Å². The highest BCUT2D eigenvalue weighted by atomic mass is 35.5. The molecule has 0 aliphatic carbocycles. The largest absolute Gasteiger partial charge is 0.426 e. The zero-order chi connectivity index (χ0) is 22.2. The molecular weight excluding hydrogens is 455 g/mol. The molecule has 1 amide bonds. The minimum absolute atomic E-state index is 0.0473. The quantitative estimate of drug-likeness (QED) is 0.700.